The van der Waals surface area contributed by atoms with Crippen molar-refractivity contribution in [1.82, 2.24) is 14.9 Å². The number of nitro benzene ring substituents is 1. The molecule has 0 aromatic heterocycles. The molecule has 0 radical (unpaired) electrons. The van der Waals surface area contributed by atoms with Crippen molar-refractivity contribution in [3.05, 3.63) is 33.9 Å². The van der Waals surface area contributed by atoms with Gasteiger partial charge in [-0.3, -0.25) is 10.1 Å². The van der Waals surface area contributed by atoms with E-state index in [-0.39, 0.29) is 10.6 Å². The molecule has 0 spiro atoms. The predicted molar refractivity (Wildman–Crippen MR) is 86.9 cm³/mol. The van der Waals surface area contributed by atoms with Gasteiger partial charge >= 0.3 is 0 Å². The van der Waals surface area contributed by atoms with Crippen LogP contribution < -0.4 is 10.0 Å². The Kier molecular flexibility index (Phi) is 6.05. The molecule has 0 bridgehead atoms. The summed E-state index contributed by atoms with van der Waals surface area (Å²) in [6.45, 7) is 6.62. The van der Waals surface area contributed by atoms with Gasteiger partial charge in [-0.25, -0.2) is 13.1 Å². The van der Waals surface area contributed by atoms with Crippen LogP contribution in [-0.2, 0) is 10.0 Å². The Morgan fingerprint density at radius 1 is 1.35 bits per heavy atom. The summed E-state index contributed by atoms with van der Waals surface area (Å²) in [4.78, 5) is 12.5. The van der Waals surface area contributed by atoms with Gasteiger partial charge in [0.25, 0.3) is 5.69 Å². The second-order valence-electron chi connectivity index (χ2n) is 5.55. The molecule has 0 saturated carbocycles. The van der Waals surface area contributed by atoms with Gasteiger partial charge in [0.1, 0.15) is 0 Å². The van der Waals surface area contributed by atoms with E-state index in [2.05, 4.69) is 14.9 Å². The summed E-state index contributed by atoms with van der Waals surface area (Å²) < 4.78 is 27.2. The summed E-state index contributed by atoms with van der Waals surface area (Å²) in [6.07, 6.45) is 0.702. The minimum Gasteiger partial charge on any atom is -0.314 e. The highest BCUT2D eigenvalue weighted by Crippen LogP contribution is 2.21. The lowest BCUT2D eigenvalue weighted by molar-refractivity contribution is -0.385. The summed E-state index contributed by atoms with van der Waals surface area (Å²) in [7, 11) is -3.74. The summed E-state index contributed by atoms with van der Waals surface area (Å²) in [6, 6.07) is 3.86. The molecular formula is C14H22N4O4S. The SMILES string of the molecule is Cc1ccc([N+](=O)[O-])cc1S(=O)(=O)NCCCN1CCNCC1. The second-order valence-corrected chi connectivity index (χ2v) is 7.29. The van der Waals surface area contributed by atoms with Crippen molar-refractivity contribution >= 4 is 15.7 Å². The van der Waals surface area contributed by atoms with Gasteiger partial charge in [0, 0.05) is 44.9 Å². The summed E-state index contributed by atoms with van der Waals surface area (Å²) in [5.74, 6) is 0. The van der Waals surface area contributed by atoms with Gasteiger partial charge in [0.05, 0.1) is 9.82 Å². The largest absolute Gasteiger partial charge is 0.314 e. The number of benzene rings is 1. The van der Waals surface area contributed by atoms with Gasteiger partial charge in [0.15, 0.2) is 0 Å². The molecule has 1 fully saturated rings. The van der Waals surface area contributed by atoms with Crippen LogP contribution >= 0.6 is 0 Å². The van der Waals surface area contributed by atoms with Crippen LogP contribution in [0, 0.1) is 17.0 Å². The number of hydrogen-bond acceptors (Lipinski definition) is 6. The Morgan fingerprint density at radius 3 is 2.70 bits per heavy atom. The first kappa shape index (κ1) is 17.8. The summed E-state index contributed by atoms with van der Waals surface area (Å²) >= 11 is 0. The van der Waals surface area contributed by atoms with Crippen molar-refractivity contribution in [2.24, 2.45) is 0 Å². The number of nitrogens with one attached hydrogen (secondary N) is 2. The van der Waals surface area contributed by atoms with Gasteiger partial charge in [-0.15, -0.1) is 0 Å². The Balaban J connectivity index is 1.93. The molecule has 23 heavy (non-hydrogen) atoms. The summed E-state index contributed by atoms with van der Waals surface area (Å²) in [5, 5.41) is 14.1. The van der Waals surface area contributed by atoms with Crippen molar-refractivity contribution in [1.29, 1.82) is 0 Å². The van der Waals surface area contributed by atoms with Crippen LogP contribution in [0.1, 0.15) is 12.0 Å². The molecule has 1 aromatic carbocycles. The number of sulfonamides is 1. The van der Waals surface area contributed by atoms with E-state index in [1.165, 1.54) is 12.1 Å². The fraction of sp³-hybridized carbons (Fsp3) is 0.571. The molecule has 0 aliphatic carbocycles. The van der Waals surface area contributed by atoms with Gasteiger partial charge < -0.3 is 10.2 Å². The van der Waals surface area contributed by atoms with E-state index in [4.69, 9.17) is 0 Å². The van der Waals surface area contributed by atoms with Crippen LogP contribution in [-0.4, -0.2) is 57.5 Å². The maximum absolute atomic E-state index is 12.3. The van der Waals surface area contributed by atoms with Gasteiger partial charge in [0.2, 0.25) is 10.0 Å². The molecule has 1 saturated heterocycles. The number of nitrogens with zero attached hydrogens (tertiary/aromatic N) is 2. The summed E-state index contributed by atoms with van der Waals surface area (Å²) in [5.41, 5.74) is 0.266. The zero-order chi connectivity index (χ0) is 16.9. The molecule has 2 rings (SSSR count). The Hall–Kier alpha value is -1.55. The number of piperazine rings is 1. The Labute approximate surface area is 136 Å². The quantitative estimate of drug-likeness (QED) is 0.424. The van der Waals surface area contributed by atoms with E-state index in [9.17, 15) is 18.5 Å². The van der Waals surface area contributed by atoms with Crippen molar-refractivity contribution in [2.75, 3.05) is 39.3 Å². The van der Waals surface area contributed by atoms with Gasteiger partial charge in [-0.05, 0) is 25.5 Å². The fourth-order valence-electron chi connectivity index (χ4n) is 2.51. The number of nitro groups is 1. The predicted octanol–water partition coefficient (Wildman–Crippen LogP) is 0.477. The molecule has 2 N–H and O–H groups in total. The topological polar surface area (TPSA) is 105 Å². The molecule has 8 nitrogen and oxygen atoms in total. The highest BCUT2D eigenvalue weighted by Gasteiger charge is 2.20. The van der Waals surface area contributed by atoms with Gasteiger partial charge in [-0.2, -0.15) is 0 Å². The maximum Gasteiger partial charge on any atom is 0.270 e. The maximum atomic E-state index is 12.3. The lowest BCUT2D eigenvalue weighted by Crippen LogP contribution is -2.44. The van der Waals surface area contributed by atoms with E-state index in [0.29, 0.717) is 18.5 Å². The normalized spacial score (nSPS) is 16.4. The number of aryl methyl sites for hydroxylation is 1. The number of non-ortho nitro benzene ring substituents is 1. The number of rotatable bonds is 7. The standard InChI is InChI=1S/C14H22N4O4S/c1-12-3-4-13(18(19)20)11-14(12)23(21,22)16-5-2-8-17-9-6-15-7-10-17/h3-4,11,15-16H,2,5-10H2,1H3. The third kappa shape index (κ3) is 4.96. The molecule has 0 unspecified atom stereocenters. The lowest BCUT2D eigenvalue weighted by atomic mass is 10.2. The molecule has 128 valence electrons. The average molecular weight is 342 g/mol. The zero-order valence-corrected chi connectivity index (χ0v) is 13.9. The Morgan fingerprint density at radius 2 is 2.04 bits per heavy atom. The fourth-order valence-corrected chi connectivity index (χ4v) is 3.85. The molecule has 1 heterocycles. The lowest BCUT2D eigenvalue weighted by Gasteiger charge is -2.27. The highest BCUT2D eigenvalue weighted by atomic mass is 32.2. The second kappa shape index (κ2) is 7.82. The van der Waals surface area contributed by atoms with E-state index in [0.717, 1.165) is 38.8 Å². The molecule has 0 amide bonds. The first-order chi connectivity index (χ1) is 10.9. The van der Waals surface area contributed by atoms with Crippen molar-refractivity contribution in [2.45, 2.75) is 18.2 Å². The van der Waals surface area contributed by atoms with Crippen molar-refractivity contribution in [3.63, 3.8) is 0 Å². The molecule has 9 heteroatoms. The van der Waals surface area contributed by atoms with Gasteiger partial charge in [-0.1, -0.05) is 6.07 Å². The number of hydrogen-bond donors (Lipinski definition) is 2. The first-order valence-electron chi connectivity index (χ1n) is 7.58. The third-order valence-electron chi connectivity index (χ3n) is 3.82. The van der Waals surface area contributed by atoms with Crippen LogP contribution in [0.3, 0.4) is 0 Å². The van der Waals surface area contributed by atoms with E-state index in [1.54, 1.807) is 6.92 Å². The zero-order valence-electron chi connectivity index (χ0n) is 13.1. The molecule has 1 aliphatic heterocycles. The minimum absolute atomic E-state index is 0.0335. The van der Waals surface area contributed by atoms with E-state index < -0.39 is 14.9 Å². The minimum atomic E-state index is -3.74. The molecule has 1 aliphatic rings. The average Bonchev–Trinajstić information content (AvgIpc) is 2.52. The monoisotopic (exact) mass is 342 g/mol. The van der Waals surface area contributed by atoms with Crippen LogP contribution in [0.15, 0.2) is 23.1 Å². The van der Waals surface area contributed by atoms with Crippen LogP contribution in [0.5, 0.6) is 0 Å². The van der Waals surface area contributed by atoms with E-state index >= 15 is 0 Å². The first-order valence-corrected chi connectivity index (χ1v) is 9.06. The molecule has 1 aromatic rings. The van der Waals surface area contributed by atoms with Crippen LogP contribution in [0.4, 0.5) is 5.69 Å². The third-order valence-corrected chi connectivity index (χ3v) is 5.43. The van der Waals surface area contributed by atoms with Crippen molar-refractivity contribution < 1.29 is 13.3 Å². The van der Waals surface area contributed by atoms with Crippen LogP contribution in [0.25, 0.3) is 0 Å². The smallest absolute Gasteiger partial charge is 0.270 e. The molecular weight excluding hydrogens is 320 g/mol. The highest BCUT2D eigenvalue weighted by molar-refractivity contribution is 7.89. The van der Waals surface area contributed by atoms with E-state index in [1.807, 2.05) is 0 Å². The Bertz CT molecular complexity index is 657. The molecule has 0 atom stereocenters. The van der Waals surface area contributed by atoms with Crippen molar-refractivity contribution in [3.8, 4) is 0 Å². The van der Waals surface area contributed by atoms with Crippen LogP contribution in [0.2, 0.25) is 0 Å².